The van der Waals surface area contributed by atoms with E-state index < -0.39 is 11.7 Å². The Kier molecular flexibility index (Phi) is 4.08. The summed E-state index contributed by atoms with van der Waals surface area (Å²) < 4.78 is 13.6. The molecule has 1 amide bonds. The van der Waals surface area contributed by atoms with Crippen LogP contribution >= 0.6 is 23.2 Å². The molecule has 0 spiro atoms. The summed E-state index contributed by atoms with van der Waals surface area (Å²) in [6, 6.07) is 9.03. The fourth-order valence-electron chi connectivity index (χ4n) is 1.64. The highest BCUT2D eigenvalue weighted by atomic mass is 35.5. The van der Waals surface area contributed by atoms with Gasteiger partial charge >= 0.3 is 0 Å². The SMILES string of the molecule is Cc1cccc(Cl)c1NC(=O)c1cc(Cl)ccc1F. The van der Waals surface area contributed by atoms with Crippen LogP contribution in [0.5, 0.6) is 0 Å². The van der Waals surface area contributed by atoms with Gasteiger partial charge in [0.2, 0.25) is 0 Å². The number of carbonyl (C=O) groups is 1. The van der Waals surface area contributed by atoms with E-state index >= 15 is 0 Å². The summed E-state index contributed by atoms with van der Waals surface area (Å²) in [4.78, 5) is 12.0. The Labute approximate surface area is 120 Å². The molecule has 0 saturated heterocycles. The number of hydrogen-bond donors (Lipinski definition) is 1. The van der Waals surface area contributed by atoms with Gasteiger partial charge in [0.1, 0.15) is 5.82 Å². The number of para-hydroxylation sites is 1. The fraction of sp³-hybridized carbons (Fsp3) is 0.0714. The van der Waals surface area contributed by atoms with Gasteiger partial charge in [-0.15, -0.1) is 0 Å². The van der Waals surface area contributed by atoms with E-state index in [1.807, 2.05) is 0 Å². The number of halogens is 3. The number of nitrogens with one attached hydrogen (secondary N) is 1. The highest BCUT2D eigenvalue weighted by Crippen LogP contribution is 2.26. The lowest BCUT2D eigenvalue weighted by atomic mass is 10.1. The Balaban J connectivity index is 2.34. The van der Waals surface area contributed by atoms with Crippen molar-refractivity contribution in [2.45, 2.75) is 6.92 Å². The molecule has 2 nitrogen and oxygen atoms in total. The number of benzene rings is 2. The van der Waals surface area contributed by atoms with Crippen LogP contribution in [0.25, 0.3) is 0 Å². The highest BCUT2D eigenvalue weighted by Gasteiger charge is 2.14. The normalized spacial score (nSPS) is 10.3. The zero-order valence-electron chi connectivity index (χ0n) is 10.0. The average molecular weight is 298 g/mol. The predicted molar refractivity (Wildman–Crippen MR) is 75.6 cm³/mol. The first kappa shape index (κ1) is 13.8. The van der Waals surface area contributed by atoms with Crippen molar-refractivity contribution in [3.63, 3.8) is 0 Å². The number of rotatable bonds is 2. The molecule has 98 valence electrons. The van der Waals surface area contributed by atoms with Crippen molar-refractivity contribution < 1.29 is 9.18 Å². The molecule has 0 radical (unpaired) electrons. The minimum absolute atomic E-state index is 0.119. The third-order valence-electron chi connectivity index (χ3n) is 2.63. The largest absolute Gasteiger partial charge is 0.320 e. The van der Waals surface area contributed by atoms with Crippen LogP contribution in [0.3, 0.4) is 0 Å². The Bertz CT molecular complexity index is 623. The molecule has 19 heavy (non-hydrogen) atoms. The Morgan fingerprint density at radius 3 is 2.63 bits per heavy atom. The van der Waals surface area contributed by atoms with Crippen molar-refractivity contribution in [2.24, 2.45) is 0 Å². The second kappa shape index (κ2) is 5.59. The highest BCUT2D eigenvalue weighted by molar-refractivity contribution is 6.34. The summed E-state index contributed by atoms with van der Waals surface area (Å²) in [5.74, 6) is -1.22. The summed E-state index contributed by atoms with van der Waals surface area (Å²) >= 11 is 11.8. The summed E-state index contributed by atoms with van der Waals surface area (Å²) in [6.07, 6.45) is 0. The standard InChI is InChI=1S/C14H10Cl2FNO/c1-8-3-2-4-11(16)13(8)18-14(19)10-7-9(15)5-6-12(10)17/h2-7H,1H3,(H,18,19). The van der Waals surface area contributed by atoms with Crippen molar-refractivity contribution in [1.29, 1.82) is 0 Å². The number of carbonyl (C=O) groups excluding carboxylic acids is 1. The second-order valence-electron chi connectivity index (χ2n) is 4.01. The lowest BCUT2D eigenvalue weighted by Crippen LogP contribution is -2.14. The Hall–Kier alpha value is -1.58. The molecule has 0 aliphatic rings. The zero-order valence-corrected chi connectivity index (χ0v) is 11.5. The number of amides is 1. The van der Waals surface area contributed by atoms with E-state index in [2.05, 4.69) is 5.32 Å². The maximum atomic E-state index is 13.6. The maximum Gasteiger partial charge on any atom is 0.258 e. The molecule has 0 heterocycles. The fourth-order valence-corrected chi connectivity index (χ4v) is 2.08. The van der Waals surface area contributed by atoms with Gasteiger partial charge in [-0.2, -0.15) is 0 Å². The van der Waals surface area contributed by atoms with Gasteiger partial charge in [0.05, 0.1) is 16.3 Å². The molecule has 5 heteroatoms. The summed E-state index contributed by atoms with van der Waals surface area (Å²) in [7, 11) is 0. The predicted octanol–water partition coefficient (Wildman–Crippen LogP) is 4.69. The molecule has 0 aliphatic heterocycles. The third-order valence-corrected chi connectivity index (χ3v) is 3.18. The molecule has 2 rings (SSSR count). The van der Waals surface area contributed by atoms with Crippen LogP contribution in [0.15, 0.2) is 36.4 Å². The van der Waals surface area contributed by atoms with Crippen molar-refractivity contribution in [1.82, 2.24) is 0 Å². The molecule has 0 fully saturated rings. The molecule has 0 atom stereocenters. The smallest absolute Gasteiger partial charge is 0.258 e. The minimum atomic E-state index is -0.633. The molecule has 2 aromatic carbocycles. The number of hydrogen-bond acceptors (Lipinski definition) is 1. The lowest BCUT2D eigenvalue weighted by molar-refractivity contribution is 0.102. The van der Waals surface area contributed by atoms with Crippen LogP contribution < -0.4 is 5.32 Å². The third kappa shape index (κ3) is 3.06. The quantitative estimate of drug-likeness (QED) is 0.856. The van der Waals surface area contributed by atoms with Crippen LogP contribution in [-0.2, 0) is 0 Å². The molecule has 0 aromatic heterocycles. The van der Waals surface area contributed by atoms with Crippen molar-refractivity contribution in [3.05, 3.63) is 63.4 Å². The van der Waals surface area contributed by atoms with Gasteiger partial charge in [-0.1, -0.05) is 35.3 Å². The first-order valence-electron chi connectivity index (χ1n) is 5.50. The molecule has 2 aromatic rings. The van der Waals surface area contributed by atoms with Gasteiger partial charge in [0, 0.05) is 5.02 Å². The molecule has 0 saturated carbocycles. The van der Waals surface area contributed by atoms with E-state index in [-0.39, 0.29) is 5.56 Å². The van der Waals surface area contributed by atoms with E-state index in [0.29, 0.717) is 15.7 Å². The summed E-state index contributed by atoms with van der Waals surface area (Å²) in [5, 5.41) is 3.29. The van der Waals surface area contributed by atoms with Gasteiger partial charge < -0.3 is 5.32 Å². The second-order valence-corrected chi connectivity index (χ2v) is 4.85. The molecule has 0 aliphatic carbocycles. The van der Waals surface area contributed by atoms with Crippen LogP contribution in [0.1, 0.15) is 15.9 Å². The zero-order chi connectivity index (χ0) is 14.0. The Morgan fingerprint density at radius 2 is 1.95 bits per heavy atom. The molecule has 1 N–H and O–H groups in total. The van der Waals surface area contributed by atoms with E-state index in [0.717, 1.165) is 11.6 Å². The number of anilines is 1. The van der Waals surface area contributed by atoms with Crippen LogP contribution in [0, 0.1) is 12.7 Å². The van der Waals surface area contributed by atoms with E-state index in [4.69, 9.17) is 23.2 Å². The van der Waals surface area contributed by atoms with Crippen molar-refractivity contribution in [2.75, 3.05) is 5.32 Å². The molecule has 0 bridgehead atoms. The molecular formula is C14H10Cl2FNO. The van der Waals surface area contributed by atoms with Crippen molar-refractivity contribution in [3.8, 4) is 0 Å². The average Bonchev–Trinajstić information content (AvgIpc) is 2.37. The van der Waals surface area contributed by atoms with Gasteiger partial charge in [0.25, 0.3) is 5.91 Å². The topological polar surface area (TPSA) is 29.1 Å². The van der Waals surface area contributed by atoms with Gasteiger partial charge in [-0.3, -0.25) is 4.79 Å². The first-order chi connectivity index (χ1) is 8.99. The lowest BCUT2D eigenvalue weighted by Gasteiger charge is -2.10. The Morgan fingerprint density at radius 1 is 1.21 bits per heavy atom. The van der Waals surface area contributed by atoms with E-state index in [1.165, 1.54) is 12.1 Å². The minimum Gasteiger partial charge on any atom is -0.320 e. The van der Waals surface area contributed by atoms with Gasteiger partial charge in [0.15, 0.2) is 0 Å². The monoisotopic (exact) mass is 297 g/mol. The van der Waals surface area contributed by atoms with E-state index in [1.54, 1.807) is 25.1 Å². The number of aryl methyl sites for hydroxylation is 1. The van der Waals surface area contributed by atoms with Gasteiger partial charge in [-0.05, 0) is 36.8 Å². The van der Waals surface area contributed by atoms with Crippen LogP contribution in [-0.4, -0.2) is 5.91 Å². The summed E-state index contributed by atoms with van der Waals surface area (Å²) in [6.45, 7) is 1.80. The van der Waals surface area contributed by atoms with Crippen LogP contribution in [0.4, 0.5) is 10.1 Å². The molecule has 0 unspecified atom stereocenters. The van der Waals surface area contributed by atoms with Gasteiger partial charge in [-0.25, -0.2) is 4.39 Å². The maximum absolute atomic E-state index is 13.6. The summed E-state index contributed by atoms with van der Waals surface area (Å²) in [5.41, 5.74) is 1.14. The van der Waals surface area contributed by atoms with Crippen LogP contribution in [0.2, 0.25) is 10.0 Å². The molecular weight excluding hydrogens is 288 g/mol. The first-order valence-corrected chi connectivity index (χ1v) is 6.26. The van der Waals surface area contributed by atoms with E-state index in [9.17, 15) is 9.18 Å². The van der Waals surface area contributed by atoms with Crippen molar-refractivity contribution >= 4 is 34.8 Å².